The topological polar surface area (TPSA) is 40.6 Å². The number of halogens is 1. The third kappa shape index (κ3) is 5.19. The van der Waals surface area contributed by atoms with E-state index in [4.69, 9.17) is 11.6 Å². The highest BCUT2D eigenvalue weighted by Gasteiger charge is 2.30. The Balaban J connectivity index is 1.52. The number of sulfonamides is 1. The van der Waals surface area contributed by atoms with Gasteiger partial charge < -0.3 is 4.90 Å². The highest BCUT2D eigenvalue weighted by molar-refractivity contribution is 7.88. The van der Waals surface area contributed by atoms with E-state index < -0.39 is 10.0 Å². The Morgan fingerprint density at radius 3 is 2.52 bits per heavy atom. The highest BCUT2D eigenvalue weighted by Crippen LogP contribution is 2.26. The van der Waals surface area contributed by atoms with Crippen LogP contribution >= 0.6 is 11.6 Å². The molecule has 1 atom stereocenters. The van der Waals surface area contributed by atoms with Crippen molar-refractivity contribution < 1.29 is 8.42 Å². The molecule has 0 N–H and O–H groups in total. The van der Waals surface area contributed by atoms with E-state index in [0.29, 0.717) is 29.6 Å². The molecule has 0 aliphatic carbocycles. The smallest absolute Gasteiger partial charge is 0.218 e. The quantitative estimate of drug-likeness (QED) is 0.778. The van der Waals surface area contributed by atoms with Gasteiger partial charge in [-0.05, 0) is 55.7 Å². The van der Waals surface area contributed by atoms with Crippen LogP contribution in [0.3, 0.4) is 0 Å². The number of hydrogen-bond donors (Lipinski definition) is 0. The van der Waals surface area contributed by atoms with E-state index >= 15 is 0 Å². The number of rotatable bonds is 5. The van der Waals surface area contributed by atoms with Crippen molar-refractivity contribution >= 4 is 21.6 Å². The van der Waals surface area contributed by atoms with Gasteiger partial charge in [-0.1, -0.05) is 36.7 Å². The summed E-state index contributed by atoms with van der Waals surface area (Å²) in [5, 5.41) is 0.528. The monoisotopic (exact) mass is 384 g/mol. The van der Waals surface area contributed by atoms with Gasteiger partial charge in [0.2, 0.25) is 10.0 Å². The molecule has 0 radical (unpaired) electrons. The average Bonchev–Trinajstić information content (AvgIpc) is 2.57. The zero-order chi connectivity index (χ0) is 17.9. The largest absolute Gasteiger partial charge is 0.303 e. The number of hydrogen-bond acceptors (Lipinski definition) is 3. The van der Waals surface area contributed by atoms with Crippen molar-refractivity contribution in [1.82, 2.24) is 9.21 Å². The minimum Gasteiger partial charge on any atom is -0.303 e. The Morgan fingerprint density at radius 1 is 1.12 bits per heavy atom. The van der Waals surface area contributed by atoms with Crippen molar-refractivity contribution in [3.63, 3.8) is 0 Å². The van der Waals surface area contributed by atoms with Crippen LogP contribution < -0.4 is 0 Å². The van der Waals surface area contributed by atoms with E-state index in [9.17, 15) is 8.42 Å². The summed E-state index contributed by atoms with van der Waals surface area (Å²) in [5.41, 5.74) is 0.689. The maximum Gasteiger partial charge on any atom is 0.218 e. The fraction of sp³-hybridized carbons (Fsp3) is 0.684. The average molecular weight is 385 g/mol. The van der Waals surface area contributed by atoms with Gasteiger partial charge in [0.25, 0.3) is 0 Å². The van der Waals surface area contributed by atoms with Crippen molar-refractivity contribution in [2.24, 2.45) is 11.8 Å². The fourth-order valence-corrected chi connectivity index (χ4v) is 5.97. The van der Waals surface area contributed by atoms with Gasteiger partial charge in [0, 0.05) is 31.2 Å². The molecule has 0 bridgehead atoms. The van der Waals surface area contributed by atoms with Gasteiger partial charge in [0.15, 0.2) is 0 Å². The lowest BCUT2D eigenvalue weighted by atomic mass is 9.94. The molecule has 1 aromatic rings. The molecule has 1 aromatic carbocycles. The van der Waals surface area contributed by atoms with E-state index in [1.54, 1.807) is 16.4 Å². The van der Waals surface area contributed by atoms with Gasteiger partial charge in [-0.2, -0.15) is 0 Å². The van der Waals surface area contributed by atoms with Crippen LogP contribution in [-0.2, 0) is 15.8 Å². The molecule has 2 saturated heterocycles. The first kappa shape index (κ1) is 19.2. The summed E-state index contributed by atoms with van der Waals surface area (Å²) in [6.45, 7) is 7.14. The van der Waals surface area contributed by atoms with E-state index in [1.165, 1.54) is 25.9 Å². The molecule has 25 heavy (non-hydrogen) atoms. The van der Waals surface area contributed by atoms with Gasteiger partial charge in [-0.15, -0.1) is 0 Å². The van der Waals surface area contributed by atoms with Crippen molar-refractivity contribution in [3.8, 4) is 0 Å². The summed E-state index contributed by atoms with van der Waals surface area (Å²) in [6.07, 6.45) is 4.57. The van der Waals surface area contributed by atoms with E-state index in [-0.39, 0.29) is 5.75 Å². The van der Waals surface area contributed by atoms with Crippen LogP contribution in [0.2, 0.25) is 5.02 Å². The summed E-state index contributed by atoms with van der Waals surface area (Å²) in [6, 6.07) is 7.20. The molecule has 2 aliphatic heterocycles. The summed E-state index contributed by atoms with van der Waals surface area (Å²) in [5.74, 6) is 1.42. The number of piperidine rings is 2. The second-order valence-electron chi connectivity index (χ2n) is 7.70. The molecule has 0 spiro atoms. The minimum absolute atomic E-state index is 0.000972. The second-order valence-corrected chi connectivity index (χ2v) is 10.1. The van der Waals surface area contributed by atoms with Crippen LogP contribution in [0.4, 0.5) is 0 Å². The van der Waals surface area contributed by atoms with Crippen LogP contribution in [0.25, 0.3) is 0 Å². The number of likely N-dealkylation sites (tertiary alicyclic amines) is 1. The van der Waals surface area contributed by atoms with Crippen molar-refractivity contribution in [3.05, 3.63) is 34.9 Å². The molecule has 140 valence electrons. The standard InChI is InChI=1S/C19H29ClN2O2S/c1-16-5-4-10-21(13-16)14-17-8-11-22(12-9-17)25(23,24)15-18-6-2-3-7-19(18)20/h2-3,6-7,16-17H,4-5,8-15H2,1H3/t16-/m0/s1. The minimum atomic E-state index is -3.29. The van der Waals surface area contributed by atoms with Crippen LogP contribution in [0.1, 0.15) is 38.2 Å². The predicted octanol–water partition coefficient (Wildman–Crippen LogP) is 3.61. The van der Waals surface area contributed by atoms with Gasteiger partial charge in [0.05, 0.1) is 5.75 Å². The molecule has 2 aliphatic rings. The Bertz CT molecular complexity index is 672. The molecule has 3 rings (SSSR count). The lowest BCUT2D eigenvalue weighted by molar-refractivity contribution is 0.136. The summed E-state index contributed by atoms with van der Waals surface area (Å²) in [7, 11) is -3.29. The van der Waals surface area contributed by atoms with Crippen LogP contribution in [0.15, 0.2) is 24.3 Å². The van der Waals surface area contributed by atoms with Gasteiger partial charge in [-0.25, -0.2) is 12.7 Å². The van der Waals surface area contributed by atoms with Crippen molar-refractivity contribution in [1.29, 1.82) is 0 Å². The number of benzene rings is 1. The van der Waals surface area contributed by atoms with E-state index in [2.05, 4.69) is 11.8 Å². The molecular weight excluding hydrogens is 356 g/mol. The molecule has 2 heterocycles. The fourth-order valence-electron chi connectivity index (χ4n) is 4.09. The molecule has 0 saturated carbocycles. The summed E-state index contributed by atoms with van der Waals surface area (Å²) < 4.78 is 27.1. The Kier molecular flexibility index (Phi) is 6.42. The lowest BCUT2D eigenvalue weighted by Gasteiger charge is -2.37. The highest BCUT2D eigenvalue weighted by atomic mass is 35.5. The second kappa shape index (κ2) is 8.38. The van der Waals surface area contributed by atoms with Gasteiger partial charge in [0.1, 0.15) is 0 Å². The van der Waals surface area contributed by atoms with Crippen LogP contribution in [0.5, 0.6) is 0 Å². The van der Waals surface area contributed by atoms with Gasteiger partial charge >= 0.3 is 0 Å². The molecule has 6 heteroatoms. The zero-order valence-corrected chi connectivity index (χ0v) is 16.6. The third-order valence-electron chi connectivity index (χ3n) is 5.52. The first-order valence-electron chi connectivity index (χ1n) is 9.37. The third-order valence-corrected chi connectivity index (χ3v) is 7.72. The van der Waals surface area contributed by atoms with E-state index in [0.717, 1.165) is 25.3 Å². The Labute approximate surface area is 157 Å². The summed E-state index contributed by atoms with van der Waals surface area (Å²) >= 11 is 6.12. The Hall–Kier alpha value is -0.620. The first-order chi connectivity index (χ1) is 11.9. The SMILES string of the molecule is C[C@H]1CCCN(CC2CCN(S(=O)(=O)Cc3ccccc3Cl)CC2)C1. The van der Waals surface area contributed by atoms with Crippen LogP contribution in [0, 0.1) is 11.8 Å². The lowest BCUT2D eigenvalue weighted by Crippen LogP contribution is -2.43. The molecule has 0 amide bonds. The molecule has 2 fully saturated rings. The summed E-state index contributed by atoms with van der Waals surface area (Å²) in [4.78, 5) is 2.58. The van der Waals surface area contributed by atoms with Crippen molar-refractivity contribution in [2.75, 3.05) is 32.7 Å². The molecule has 4 nitrogen and oxygen atoms in total. The Morgan fingerprint density at radius 2 is 1.84 bits per heavy atom. The normalized spacial score (nSPS) is 24.5. The maximum atomic E-state index is 12.7. The molecule has 0 unspecified atom stereocenters. The van der Waals surface area contributed by atoms with Crippen molar-refractivity contribution in [2.45, 2.75) is 38.4 Å². The number of nitrogens with zero attached hydrogens (tertiary/aromatic N) is 2. The first-order valence-corrected chi connectivity index (χ1v) is 11.4. The zero-order valence-electron chi connectivity index (χ0n) is 15.0. The molecule has 0 aromatic heterocycles. The van der Waals surface area contributed by atoms with E-state index in [1.807, 2.05) is 12.1 Å². The maximum absolute atomic E-state index is 12.7. The predicted molar refractivity (Wildman–Crippen MR) is 103 cm³/mol. The van der Waals surface area contributed by atoms with Gasteiger partial charge in [-0.3, -0.25) is 0 Å². The molecular formula is C19H29ClN2O2S. The van der Waals surface area contributed by atoms with Crippen LogP contribution in [-0.4, -0.2) is 50.3 Å².